The minimum absolute atomic E-state index is 0. The van der Waals surface area contributed by atoms with Gasteiger partial charge >= 0.3 is 0 Å². The van der Waals surface area contributed by atoms with Gasteiger partial charge in [0.1, 0.15) is 0 Å². The van der Waals surface area contributed by atoms with E-state index in [4.69, 9.17) is 0 Å². The standard InChI is InChI=1S/C16H21N3O2S.ClH/c1-19(12-4-7-17-8-5-12)16(21)11-2-3-14-13(10-11)18-15(20)6-9-22-14;/h2-3,10,12,17H,4-9H2,1H3,(H,18,20);1H. The number of fused-ring (bicyclic) bond motifs is 1. The Labute approximate surface area is 147 Å². The first-order chi connectivity index (χ1) is 10.6. The van der Waals surface area contributed by atoms with Crippen LogP contribution < -0.4 is 10.6 Å². The maximum atomic E-state index is 12.7. The second-order valence-corrected chi connectivity index (χ2v) is 6.89. The van der Waals surface area contributed by atoms with Gasteiger partial charge in [-0.3, -0.25) is 9.59 Å². The second-order valence-electron chi connectivity index (χ2n) is 5.75. The number of nitrogens with zero attached hydrogens (tertiary/aromatic N) is 1. The van der Waals surface area contributed by atoms with Crippen molar-refractivity contribution < 1.29 is 9.59 Å². The van der Waals surface area contributed by atoms with Gasteiger partial charge in [-0.2, -0.15) is 0 Å². The Balaban J connectivity index is 0.00000192. The zero-order valence-corrected chi connectivity index (χ0v) is 14.8. The van der Waals surface area contributed by atoms with Gasteiger partial charge in [-0.05, 0) is 44.1 Å². The molecule has 2 amide bonds. The number of nitrogens with one attached hydrogen (secondary N) is 2. The van der Waals surface area contributed by atoms with Gasteiger partial charge in [0.2, 0.25) is 5.91 Å². The molecule has 1 saturated heterocycles. The average molecular weight is 356 g/mol. The van der Waals surface area contributed by atoms with Crippen LogP contribution >= 0.6 is 24.2 Å². The van der Waals surface area contributed by atoms with Gasteiger partial charge in [0.15, 0.2) is 0 Å². The number of benzene rings is 1. The lowest BCUT2D eigenvalue weighted by atomic mass is 10.0. The van der Waals surface area contributed by atoms with Gasteiger partial charge in [0.25, 0.3) is 5.91 Å². The molecule has 0 saturated carbocycles. The molecule has 126 valence electrons. The predicted molar refractivity (Wildman–Crippen MR) is 95.6 cm³/mol. The number of halogens is 1. The molecule has 0 bridgehead atoms. The first-order valence-corrected chi connectivity index (χ1v) is 8.68. The largest absolute Gasteiger partial charge is 0.339 e. The van der Waals surface area contributed by atoms with E-state index in [2.05, 4.69) is 10.6 Å². The van der Waals surface area contributed by atoms with Crippen LogP contribution in [0.1, 0.15) is 29.6 Å². The molecule has 0 aromatic heterocycles. The summed E-state index contributed by atoms with van der Waals surface area (Å²) in [5.74, 6) is 0.821. The number of thioether (sulfide) groups is 1. The molecule has 3 rings (SSSR count). The fraction of sp³-hybridized carbons (Fsp3) is 0.500. The summed E-state index contributed by atoms with van der Waals surface area (Å²) in [5.41, 5.74) is 1.40. The van der Waals surface area contributed by atoms with Crippen LogP contribution in [0, 0.1) is 0 Å². The molecular weight excluding hydrogens is 334 g/mol. The molecule has 0 aliphatic carbocycles. The summed E-state index contributed by atoms with van der Waals surface area (Å²) in [6.07, 6.45) is 2.48. The molecule has 0 radical (unpaired) electrons. The summed E-state index contributed by atoms with van der Waals surface area (Å²) in [7, 11) is 1.87. The summed E-state index contributed by atoms with van der Waals surface area (Å²) in [6, 6.07) is 5.90. The molecule has 1 aromatic rings. The van der Waals surface area contributed by atoms with Crippen LogP contribution in [-0.4, -0.2) is 48.6 Å². The molecule has 1 aromatic carbocycles. The number of carbonyl (C=O) groups is 2. The fourth-order valence-electron chi connectivity index (χ4n) is 2.92. The molecule has 0 unspecified atom stereocenters. The van der Waals surface area contributed by atoms with Crippen molar-refractivity contribution in [3.05, 3.63) is 23.8 Å². The Morgan fingerprint density at radius 2 is 2.04 bits per heavy atom. The number of rotatable bonds is 2. The Bertz CT molecular complexity index is 591. The van der Waals surface area contributed by atoms with Crippen LogP contribution in [0.3, 0.4) is 0 Å². The molecule has 5 nitrogen and oxygen atoms in total. The van der Waals surface area contributed by atoms with Crippen molar-refractivity contribution in [3.8, 4) is 0 Å². The second kappa shape index (κ2) is 8.04. The van der Waals surface area contributed by atoms with Crippen molar-refractivity contribution in [2.45, 2.75) is 30.2 Å². The van der Waals surface area contributed by atoms with Crippen LogP contribution in [0.4, 0.5) is 5.69 Å². The van der Waals surface area contributed by atoms with Gasteiger partial charge in [-0.1, -0.05) is 0 Å². The topological polar surface area (TPSA) is 61.4 Å². The van der Waals surface area contributed by atoms with Gasteiger partial charge < -0.3 is 15.5 Å². The minimum Gasteiger partial charge on any atom is -0.339 e. The zero-order valence-electron chi connectivity index (χ0n) is 13.1. The Kier molecular flexibility index (Phi) is 6.33. The van der Waals surface area contributed by atoms with Crippen LogP contribution in [0.5, 0.6) is 0 Å². The van der Waals surface area contributed by atoms with Gasteiger partial charge in [-0.15, -0.1) is 24.2 Å². The molecule has 2 aliphatic heterocycles. The lowest BCUT2D eigenvalue weighted by Crippen LogP contribution is -2.43. The SMILES string of the molecule is CN(C(=O)c1ccc2c(c1)NC(=O)CCS2)C1CCNCC1.Cl. The lowest BCUT2D eigenvalue weighted by molar-refractivity contribution is -0.115. The van der Waals surface area contributed by atoms with E-state index in [-0.39, 0.29) is 30.3 Å². The number of hydrogen-bond acceptors (Lipinski definition) is 4. The highest BCUT2D eigenvalue weighted by atomic mass is 35.5. The van der Waals surface area contributed by atoms with Crippen LogP contribution in [-0.2, 0) is 4.79 Å². The van der Waals surface area contributed by atoms with Crippen LogP contribution in [0.25, 0.3) is 0 Å². The van der Waals surface area contributed by atoms with Crippen LogP contribution in [0.2, 0.25) is 0 Å². The third-order valence-electron chi connectivity index (χ3n) is 4.26. The summed E-state index contributed by atoms with van der Waals surface area (Å²) in [6.45, 7) is 1.92. The molecule has 2 N–H and O–H groups in total. The fourth-order valence-corrected chi connectivity index (χ4v) is 3.85. The molecule has 7 heteroatoms. The number of carbonyl (C=O) groups excluding carboxylic acids is 2. The third-order valence-corrected chi connectivity index (χ3v) is 5.34. The highest BCUT2D eigenvalue weighted by Crippen LogP contribution is 2.32. The van der Waals surface area contributed by atoms with E-state index >= 15 is 0 Å². The summed E-state index contributed by atoms with van der Waals surface area (Å²) >= 11 is 1.65. The van der Waals surface area contributed by atoms with E-state index in [1.54, 1.807) is 11.8 Å². The summed E-state index contributed by atoms with van der Waals surface area (Å²) < 4.78 is 0. The Morgan fingerprint density at radius 3 is 2.78 bits per heavy atom. The lowest BCUT2D eigenvalue weighted by Gasteiger charge is -2.31. The number of amides is 2. The number of hydrogen-bond donors (Lipinski definition) is 2. The number of anilines is 1. The average Bonchev–Trinajstić information content (AvgIpc) is 2.74. The highest BCUT2D eigenvalue weighted by molar-refractivity contribution is 7.99. The Hall–Kier alpha value is -1.24. The summed E-state index contributed by atoms with van der Waals surface area (Å²) in [4.78, 5) is 27.2. The molecule has 23 heavy (non-hydrogen) atoms. The quantitative estimate of drug-likeness (QED) is 0.855. The summed E-state index contributed by atoms with van der Waals surface area (Å²) in [5, 5.41) is 6.21. The van der Waals surface area contributed by atoms with Crippen molar-refractivity contribution >= 4 is 41.7 Å². The molecule has 2 aliphatic rings. The smallest absolute Gasteiger partial charge is 0.253 e. The van der Waals surface area contributed by atoms with E-state index in [0.717, 1.165) is 42.3 Å². The molecule has 1 fully saturated rings. The van der Waals surface area contributed by atoms with Gasteiger partial charge in [0, 0.05) is 35.7 Å². The predicted octanol–water partition coefficient (Wildman–Crippen LogP) is 2.37. The van der Waals surface area contributed by atoms with E-state index in [1.165, 1.54) is 0 Å². The van der Waals surface area contributed by atoms with Gasteiger partial charge in [-0.25, -0.2) is 0 Å². The third kappa shape index (κ3) is 4.19. The van der Waals surface area contributed by atoms with Crippen molar-refractivity contribution in [3.63, 3.8) is 0 Å². The van der Waals surface area contributed by atoms with E-state index < -0.39 is 0 Å². The van der Waals surface area contributed by atoms with Crippen molar-refractivity contribution in [1.82, 2.24) is 10.2 Å². The zero-order chi connectivity index (χ0) is 15.5. The van der Waals surface area contributed by atoms with Crippen LogP contribution in [0.15, 0.2) is 23.1 Å². The normalized spacial score (nSPS) is 18.2. The van der Waals surface area contributed by atoms with Crippen molar-refractivity contribution in [2.24, 2.45) is 0 Å². The first-order valence-electron chi connectivity index (χ1n) is 7.70. The van der Waals surface area contributed by atoms with E-state index in [0.29, 0.717) is 12.0 Å². The number of piperidine rings is 1. The molecule has 0 spiro atoms. The molecule has 2 heterocycles. The van der Waals surface area contributed by atoms with E-state index in [1.807, 2.05) is 30.1 Å². The highest BCUT2D eigenvalue weighted by Gasteiger charge is 2.24. The minimum atomic E-state index is 0. The molecular formula is C16H22ClN3O2S. The first kappa shape index (κ1) is 18.1. The maximum Gasteiger partial charge on any atom is 0.253 e. The van der Waals surface area contributed by atoms with E-state index in [9.17, 15) is 9.59 Å². The molecule has 0 atom stereocenters. The van der Waals surface area contributed by atoms with Gasteiger partial charge in [0.05, 0.1) is 5.69 Å². The monoisotopic (exact) mass is 355 g/mol. The van der Waals surface area contributed by atoms with Crippen molar-refractivity contribution in [2.75, 3.05) is 31.2 Å². The van der Waals surface area contributed by atoms with Crippen molar-refractivity contribution in [1.29, 1.82) is 0 Å². The maximum absolute atomic E-state index is 12.7. The Morgan fingerprint density at radius 1 is 1.30 bits per heavy atom.